The highest BCUT2D eigenvalue weighted by atomic mass is 32.2. The number of carbonyl (C=O) groups excluding carboxylic acids is 1. The molecule has 1 N–H and O–H groups in total. The Morgan fingerprint density at radius 1 is 1.17 bits per heavy atom. The number of nitrogens with zero attached hydrogens (tertiary/aromatic N) is 5. The van der Waals surface area contributed by atoms with Gasteiger partial charge < -0.3 is 14.5 Å². The van der Waals surface area contributed by atoms with Crippen LogP contribution in [0.2, 0.25) is 0 Å². The van der Waals surface area contributed by atoms with Gasteiger partial charge in [-0.25, -0.2) is 0 Å². The summed E-state index contributed by atoms with van der Waals surface area (Å²) in [4.78, 5) is 12.9. The Kier molecular flexibility index (Phi) is 5.92. The van der Waals surface area contributed by atoms with Gasteiger partial charge >= 0.3 is 0 Å². The van der Waals surface area contributed by atoms with Crippen LogP contribution < -0.4 is 5.32 Å². The molecular weight excluding hydrogens is 396 g/mol. The zero-order chi connectivity index (χ0) is 21.4. The Balaban J connectivity index is 1.51. The second kappa shape index (κ2) is 8.46. The SMILES string of the molecule is Cc1c(C#N)c(NC(=O)CSc2nnc(C(C)C)n2C2CC2)n(C2CCCC2)c1C. The fraction of sp³-hybridized carbons (Fsp3) is 0.636. The largest absolute Gasteiger partial charge is 0.327 e. The normalized spacial score (nSPS) is 16.9. The molecule has 1 amide bonds. The maximum Gasteiger partial charge on any atom is 0.235 e. The van der Waals surface area contributed by atoms with Gasteiger partial charge in [-0.05, 0) is 45.1 Å². The van der Waals surface area contributed by atoms with E-state index in [1.54, 1.807) is 0 Å². The van der Waals surface area contributed by atoms with Gasteiger partial charge in [0.2, 0.25) is 5.91 Å². The van der Waals surface area contributed by atoms with Crippen LogP contribution in [0.1, 0.15) is 93.0 Å². The van der Waals surface area contributed by atoms with Crippen molar-refractivity contribution in [2.24, 2.45) is 0 Å². The summed E-state index contributed by atoms with van der Waals surface area (Å²) in [5.74, 6) is 2.11. The van der Waals surface area contributed by atoms with E-state index < -0.39 is 0 Å². The van der Waals surface area contributed by atoms with E-state index >= 15 is 0 Å². The molecule has 0 atom stereocenters. The molecule has 160 valence electrons. The zero-order valence-electron chi connectivity index (χ0n) is 18.2. The van der Waals surface area contributed by atoms with E-state index in [0.29, 0.717) is 29.4 Å². The van der Waals surface area contributed by atoms with Gasteiger partial charge in [0.15, 0.2) is 5.16 Å². The molecule has 0 unspecified atom stereocenters. The highest BCUT2D eigenvalue weighted by molar-refractivity contribution is 7.99. The van der Waals surface area contributed by atoms with Crippen molar-refractivity contribution < 1.29 is 4.79 Å². The van der Waals surface area contributed by atoms with Crippen molar-refractivity contribution >= 4 is 23.5 Å². The number of nitrogens with one attached hydrogen (secondary N) is 1. The number of rotatable bonds is 7. The molecule has 2 saturated carbocycles. The van der Waals surface area contributed by atoms with E-state index in [9.17, 15) is 10.1 Å². The summed E-state index contributed by atoms with van der Waals surface area (Å²) in [7, 11) is 0. The van der Waals surface area contributed by atoms with Gasteiger partial charge in [0.25, 0.3) is 0 Å². The first-order valence-electron chi connectivity index (χ1n) is 10.9. The van der Waals surface area contributed by atoms with Gasteiger partial charge in [0.05, 0.1) is 11.3 Å². The molecule has 0 spiro atoms. The molecule has 2 aromatic heterocycles. The molecule has 0 radical (unpaired) electrons. The summed E-state index contributed by atoms with van der Waals surface area (Å²) >= 11 is 1.43. The van der Waals surface area contributed by atoms with Crippen LogP contribution in [0.5, 0.6) is 0 Å². The van der Waals surface area contributed by atoms with Crippen LogP contribution in [0.4, 0.5) is 5.82 Å². The number of hydrogen-bond acceptors (Lipinski definition) is 5. The Morgan fingerprint density at radius 2 is 1.83 bits per heavy atom. The van der Waals surface area contributed by atoms with Gasteiger partial charge in [-0.2, -0.15) is 5.26 Å². The van der Waals surface area contributed by atoms with Crippen molar-refractivity contribution in [3.8, 4) is 6.07 Å². The summed E-state index contributed by atoms with van der Waals surface area (Å²) in [5, 5.41) is 22.3. The van der Waals surface area contributed by atoms with Crippen LogP contribution >= 0.6 is 11.8 Å². The minimum atomic E-state index is -0.107. The van der Waals surface area contributed by atoms with E-state index in [2.05, 4.69) is 44.6 Å². The summed E-state index contributed by atoms with van der Waals surface area (Å²) in [6, 6.07) is 3.14. The first-order chi connectivity index (χ1) is 14.4. The lowest BCUT2D eigenvalue weighted by molar-refractivity contribution is -0.113. The Hall–Kier alpha value is -2.27. The average molecular weight is 427 g/mol. The minimum absolute atomic E-state index is 0.107. The monoisotopic (exact) mass is 426 g/mol. The van der Waals surface area contributed by atoms with Crippen LogP contribution in [0, 0.1) is 25.2 Å². The number of amides is 1. The van der Waals surface area contributed by atoms with Crippen molar-refractivity contribution in [3.05, 3.63) is 22.6 Å². The summed E-state index contributed by atoms with van der Waals surface area (Å²) < 4.78 is 4.39. The van der Waals surface area contributed by atoms with Crippen LogP contribution in [-0.2, 0) is 4.79 Å². The predicted molar refractivity (Wildman–Crippen MR) is 118 cm³/mol. The fourth-order valence-corrected chi connectivity index (χ4v) is 5.27. The molecule has 2 aliphatic rings. The van der Waals surface area contributed by atoms with Crippen molar-refractivity contribution in [2.45, 2.75) is 89.4 Å². The molecule has 2 aliphatic carbocycles. The molecule has 2 heterocycles. The molecule has 7 nitrogen and oxygen atoms in total. The lowest BCUT2D eigenvalue weighted by atomic mass is 10.2. The molecule has 2 aromatic rings. The molecule has 2 fully saturated rings. The highest BCUT2D eigenvalue weighted by Crippen LogP contribution is 2.40. The van der Waals surface area contributed by atoms with Gasteiger partial charge in [0.1, 0.15) is 17.7 Å². The number of carbonyl (C=O) groups is 1. The summed E-state index contributed by atoms with van der Waals surface area (Å²) in [5.41, 5.74) is 2.62. The third kappa shape index (κ3) is 3.87. The molecule has 0 saturated heterocycles. The van der Waals surface area contributed by atoms with Gasteiger partial charge in [-0.15, -0.1) is 10.2 Å². The first kappa shape index (κ1) is 21.0. The van der Waals surface area contributed by atoms with E-state index in [-0.39, 0.29) is 11.7 Å². The quantitative estimate of drug-likeness (QED) is 0.638. The predicted octanol–water partition coefficient (Wildman–Crippen LogP) is 4.87. The topological polar surface area (TPSA) is 88.5 Å². The van der Waals surface area contributed by atoms with Crippen LogP contribution in [0.3, 0.4) is 0 Å². The van der Waals surface area contributed by atoms with Crippen molar-refractivity contribution in [2.75, 3.05) is 11.1 Å². The number of hydrogen-bond donors (Lipinski definition) is 1. The fourth-order valence-electron chi connectivity index (χ4n) is 4.46. The third-order valence-corrected chi connectivity index (χ3v) is 7.21. The molecule has 0 bridgehead atoms. The molecular formula is C22H30N6OS. The molecule has 4 rings (SSSR count). The second-order valence-corrected chi connectivity index (χ2v) is 9.73. The lowest BCUT2D eigenvalue weighted by Crippen LogP contribution is -2.20. The number of anilines is 1. The van der Waals surface area contributed by atoms with E-state index in [4.69, 9.17) is 0 Å². The molecule has 0 aromatic carbocycles. The lowest BCUT2D eigenvalue weighted by Gasteiger charge is -2.19. The number of thioether (sulfide) groups is 1. The van der Waals surface area contributed by atoms with Gasteiger partial charge in [-0.3, -0.25) is 4.79 Å². The molecule has 30 heavy (non-hydrogen) atoms. The van der Waals surface area contributed by atoms with Crippen LogP contribution in [0.25, 0.3) is 0 Å². The summed E-state index contributed by atoms with van der Waals surface area (Å²) in [6.07, 6.45) is 6.88. The average Bonchev–Trinajstić information content (AvgIpc) is 3.14. The van der Waals surface area contributed by atoms with E-state index in [1.165, 1.54) is 24.6 Å². The third-order valence-electron chi connectivity index (χ3n) is 6.27. The van der Waals surface area contributed by atoms with Crippen molar-refractivity contribution in [1.82, 2.24) is 19.3 Å². The highest BCUT2D eigenvalue weighted by Gasteiger charge is 2.31. The maximum atomic E-state index is 12.9. The van der Waals surface area contributed by atoms with E-state index in [0.717, 1.165) is 47.9 Å². The molecule has 8 heteroatoms. The first-order valence-corrected chi connectivity index (χ1v) is 11.9. The molecule has 0 aliphatic heterocycles. The Bertz CT molecular complexity index is 988. The van der Waals surface area contributed by atoms with E-state index in [1.807, 2.05) is 13.8 Å². The van der Waals surface area contributed by atoms with Gasteiger partial charge in [0, 0.05) is 23.7 Å². The number of aromatic nitrogens is 4. The standard InChI is InChI=1S/C22H30N6OS/c1-13(2)20-25-26-22(28(20)17-9-10-17)30-12-19(29)24-21-18(11-23)14(3)15(4)27(21)16-7-5-6-8-16/h13,16-17H,5-10,12H2,1-4H3,(H,24,29). The zero-order valence-corrected chi connectivity index (χ0v) is 19.1. The smallest absolute Gasteiger partial charge is 0.235 e. The van der Waals surface area contributed by atoms with Crippen LogP contribution in [-0.4, -0.2) is 31.0 Å². The summed E-state index contributed by atoms with van der Waals surface area (Å²) in [6.45, 7) is 8.25. The van der Waals surface area contributed by atoms with Gasteiger partial charge in [-0.1, -0.05) is 38.5 Å². The van der Waals surface area contributed by atoms with Crippen LogP contribution in [0.15, 0.2) is 5.16 Å². The Labute approximate surface area is 182 Å². The second-order valence-electron chi connectivity index (χ2n) is 8.79. The minimum Gasteiger partial charge on any atom is -0.327 e. The van der Waals surface area contributed by atoms with Crippen molar-refractivity contribution in [1.29, 1.82) is 5.26 Å². The van der Waals surface area contributed by atoms with Crippen molar-refractivity contribution in [3.63, 3.8) is 0 Å². The maximum absolute atomic E-state index is 12.9. The number of nitriles is 1. The Morgan fingerprint density at radius 3 is 2.43 bits per heavy atom.